The van der Waals surface area contributed by atoms with Crippen molar-refractivity contribution in [3.63, 3.8) is 0 Å². The molecule has 0 fully saturated rings. The van der Waals surface area contributed by atoms with Gasteiger partial charge in [0.05, 0.1) is 11.2 Å². The number of pyridine rings is 1. The zero-order valence-electron chi connectivity index (χ0n) is 30.1. The van der Waals surface area contributed by atoms with Crippen LogP contribution in [0.5, 0.6) is 0 Å². The van der Waals surface area contributed by atoms with E-state index in [1.165, 1.54) is 33.4 Å². The monoisotopic (exact) mass is 692 g/mol. The van der Waals surface area contributed by atoms with E-state index in [2.05, 4.69) is 135 Å². The Morgan fingerprint density at radius 1 is 0.315 bits per heavy atom. The topological polar surface area (TPSA) is 51.6 Å². The molecule has 0 aliphatic heterocycles. The van der Waals surface area contributed by atoms with Gasteiger partial charge in [-0.05, 0) is 71.0 Å². The quantitative estimate of drug-likeness (QED) is 0.167. The molecule has 0 N–H and O–H groups in total. The van der Waals surface area contributed by atoms with Gasteiger partial charge in [-0.1, -0.05) is 164 Å². The third-order valence-corrected chi connectivity index (χ3v) is 10.1. The summed E-state index contributed by atoms with van der Waals surface area (Å²) in [6.07, 6.45) is 0. The van der Waals surface area contributed by atoms with E-state index in [1.807, 2.05) is 60.7 Å². The summed E-state index contributed by atoms with van der Waals surface area (Å²) in [5.41, 5.74) is 15.4. The van der Waals surface area contributed by atoms with Crippen molar-refractivity contribution >= 4 is 10.9 Å². The molecule has 0 bridgehead atoms. The lowest BCUT2D eigenvalue weighted by atomic mass is 9.90. The van der Waals surface area contributed by atoms with Crippen molar-refractivity contribution in [2.45, 2.75) is 13.8 Å². The Balaban J connectivity index is 1.13. The van der Waals surface area contributed by atoms with Crippen LogP contribution in [0, 0.1) is 13.8 Å². The number of rotatable bonds is 7. The Morgan fingerprint density at radius 3 is 1.41 bits per heavy atom. The first-order valence-corrected chi connectivity index (χ1v) is 18.2. The van der Waals surface area contributed by atoms with Crippen molar-refractivity contribution in [2.75, 3.05) is 0 Å². The molecule has 0 radical (unpaired) electrons. The van der Waals surface area contributed by atoms with Gasteiger partial charge >= 0.3 is 0 Å². The Hall–Kier alpha value is -7.04. The molecule has 0 saturated heterocycles. The van der Waals surface area contributed by atoms with E-state index in [1.54, 1.807) is 0 Å². The number of fused-ring (bicyclic) bond motifs is 1. The summed E-state index contributed by atoms with van der Waals surface area (Å²) in [5, 5.41) is 1.10. The minimum Gasteiger partial charge on any atom is -0.247 e. The first-order valence-electron chi connectivity index (χ1n) is 18.2. The Kier molecular flexibility index (Phi) is 8.62. The number of aryl methyl sites for hydroxylation is 1. The molecule has 0 atom stereocenters. The summed E-state index contributed by atoms with van der Waals surface area (Å²) >= 11 is 0. The van der Waals surface area contributed by atoms with E-state index in [9.17, 15) is 0 Å². The number of nitrogens with zero attached hydrogens (tertiary/aromatic N) is 4. The first-order chi connectivity index (χ1) is 26.6. The van der Waals surface area contributed by atoms with Crippen LogP contribution in [0.25, 0.3) is 89.7 Å². The highest BCUT2D eigenvalue weighted by molar-refractivity contribution is 5.94. The fourth-order valence-corrected chi connectivity index (χ4v) is 7.23. The summed E-state index contributed by atoms with van der Waals surface area (Å²) in [6.45, 7) is 4.40. The third kappa shape index (κ3) is 6.35. The fourth-order valence-electron chi connectivity index (χ4n) is 7.23. The molecule has 0 spiro atoms. The Labute approximate surface area is 315 Å². The van der Waals surface area contributed by atoms with Crippen LogP contribution >= 0.6 is 0 Å². The zero-order valence-corrected chi connectivity index (χ0v) is 30.1. The lowest BCUT2D eigenvalue weighted by Gasteiger charge is -2.15. The largest absolute Gasteiger partial charge is 0.247 e. The van der Waals surface area contributed by atoms with Crippen molar-refractivity contribution in [1.29, 1.82) is 0 Å². The summed E-state index contributed by atoms with van der Waals surface area (Å²) in [7, 11) is 0. The molecule has 7 aromatic carbocycles. The molecular weight excluding hydrogens is 657 g/mol. The van der Waals surface area contributed by atoms with Gasteiger partial charge in [0.25, 0.3) is 0 Å². The van der Waals surface area contributed by atoms with E-state index in [0.29, 0.717) is 17.5 Å². The molecular formula is C50H36N4. The maximum absolute atomic E-state index is 5.32. The first kappa shape index (κ1) is 32.8. The molecule has 0 unspecified atom stereocenters. The van der Waals surface area contributed by atoms with Crippen LogP contribution in [-0.4, -0.2) is 19.9 Å². The normalized spacial score (nSPS) is 11.1. The van der Waals surface area contributed by atoms with Crippen LogP contribution in [0.2, 0.25) is 0 Å². The van der Waals surface area contributed by atoms with Gasteiger partial charge in [-0.15, -0.1) is 0 Å². The third-order valence-electron chi connectivity index (χ3n) is 10.1. The highest BCUT2D eigenvalue weighted by Crippen LogP contribution is 2.38. The van der Waals surface area contributed by atoms with Gasteiger partial charge in [0.15, 0.2) is 17.5 Å². The predicted molar refractivity (Wildman–Crippen MR) is 223 cm³/mol. The number of aromatic nitrogens is 4. The molecule has 0 saturated carbocycles. The molecule has 9 rings (SSSR count). The average molecular weight is 693 g/mol. The minimum atomic E-state index is 0.623. The summed E-state index contributed by atoms with van der Waals surface area (Å²) in [5.74, 6) is 1.91. The molecule has 2 heterocycles. The predicted octanol–water partition coefficient (Wildman–Crippen LogP) is 12.7. The zero-order chi connectivity index (χ0) is 36.4. The summed E-state index contributed by atoms with van der Waals surface area (Å²) < 4.78 is 0. The lowest BCUT2D eigenvalue weighted by Crippen LogP contribution is -2.00. The number of hydrogen-bond acceptors (Lipinski definition) is 4. The van der Waals surface area contributed by atoms with Gasteiger partial charge < -0.3 is 0 Å². The van der Waals surface area contributed by atoms with Crippen LogP contribution in [0.4, 0.5) is 0 Å². The van der Waals surface area contributed by atoms with E-state index < -0.39 is 0 Å². The van der Waals surface area contributed by atoms with E-state index in [-0.39, 0.29) is 0 Å². The SMILES string of the molecule is Cc1ccccc1-c1cccc(-c2ccc3nc(-c4ccc(-c5nc(-c6ccccc6)nc(-c6ccccc6)n5)cc4)c(-c4ccccc4)cc3c2)c1C. The van der Waals surface area contributed by atoms with E-state index in [0.717, 1.165) is 50.0 Å². The van der Waals surface area contributed by atoms with E-state index in [4.69, 9.17) is 19.9 Å². The van der Waals surface area contributed by atoms with Crippen molar-refractivity contribution in [2.24, 2.45) is 0 Å². The molecule has 2 aromatic heterocycles. The van der Waals surface area contributed by atoms with Gasteiger partial charge in [0.1, 0.15) is 0 Å². The summed E-state index contributed by atoms with van der Waals surface area (Å²) in [4.78, 5) is 20.1. The van der Waals surface area contributed by atoms with Crippen LogP contribution in [-0.2, 0) is 0 Å². The van der Waals surface area contributed by atoms with Crippen molar-refractivity contribution in [3.05, 3.63) is 193 Å². The molecule has 4 nitrogen and oxygen atoms in total. The molecule has 256 valence electrons. The van der Waals surface area contributed by atoms with Crippen molar-refractivity contribution < 1.29 is 0 Å². The molecule has 0 amide bonds. The molecule has 4 heteroatoms. The van der Waals surface area contributed by atoms with Crippen LogP contribution in [0.1, 0.15) is 11.1 Å². The summed E-state index contributed by atoms with van der Waals surface area (Å²) in [6, 6.07) is 63.2. The highest BCUT2D eigenvalue weighted by Gasteiger charge is 2.16. The van der Waals surface area contributed by atoms with Crippen LogP contribution in [0.3, 0.4) is 0 Å². The standard InChI is InChI=1S/C50H36N4/c1-33-15-12-13-22-42(33)44-24-14-23-43(34(44)2)40-29-30-46-41(31-40)32-45(35-16-6-3-7-17-35)47(51-46)36-25-27-39(28-26-36)50-53-48(37-18-8-4-9-19-37)52-49(54-50)38-20-10-5-11-21-38/h3-32H,1-2H3. The lowest BCUT2D eigenvalue weighted by molar-refractivity contribution is 1.07. The average Bonchev–Trinajstić information content (AvgIpc) is 3.24. The Morgan fingerprint density at radius 2 is 0.796 bits per heavy atom. The minimum absolute atomic E-state index is 0.623. The van der Waals surface area contributed by atoms with Gasteiger partial charge in [-0.3, -0.25) is 0 Å². The second-order valence-electron chi connectivity index (χ2n) is 13.6. The number of hydrogen-bond donors (Lipinski definition) is 0. The fraction of sp³-hybridized carbons (Fsp3) is 0.0400. The maximum Gasteiger partial charge on any atom is 0.164 e. The van der Waals surface area contributed by atoms with Crippen LogP contribution in [0.15, 0.2) is 182 Å². The van der Waals surface area contributed by atoms with Gasteiger partial charge in [-0.25, -0.2) is 19.9 Å². The second-order valence-corrected chi connectivity index (χ2v) is 13.6. The molecule has 0 aliphatic carbocycles. The second kappa shape index (κ2) is 14.2. The maximum atomic E-state index is 5.32. The van der Waals surface area contributed by atoms with Gasteiger partial charge in [0, 0.05) is 33.2 Å². The van der Waals surface area contributed by atoms with Gasteiger partial charge in [0.2, 0.25) is 0 Å². The molecule has 54 heavy (non-hydrogen) atoms. The number of benzene rings is 7. The van der Waals surface area contributed by atoms with E-state index >= 15 is 0 Å². The van der Waals surface area contributed by atoms with Crippen molar-refractivity contribution in [1.82, 2.24) is 19.9 Å². The molecule has 0 aliphatic rings. The smallest absolute Gasteiger partial charge is 0.164 e. The van der Waals surface area contributed by atoms with Crippen molar-refractivity contribution in [3.8, 4) is 78.8 Å². The highest BCUT2D eigenvalue weighted by atomic mass is 15.0. The van der Waals surface area contributed by atoms with Crippen LogP contribution < -0.4 is 0 Å². The van der Waals surface area contributed by atoms with Gasteiger partial charge in [-0.2, -0.15) is 0 Å². The molecule has 9 aromatic rings. The Bertz CT molecular complexity index is 2700.